The lowest BCUT2D eigenvalue weighted by atomic mass is 10.3. The summed E-state index contributed by atoms with van der Waals surface area (Å²) in [5, 5.41) is 2.97. The molecule has 1 aromatic carbocycles. The van der Waals surface area contributed by atoms with Gasteiger partial charge in [0.1, 0.15) is 0 Å². The first-order chi connectivity index (χ1) is 8.07. The van der Waals surface area contributed by atoms with Crippen molar-refractivity contribution >= 4 is 0 Å². The number of halogens is 4. The molecule has 0 radical (unpaired) electrons. The Labute approximate surface area is 96.6 Å². The Morgan fingerprint density at radius 3 is 2.24 bits per heavy atom. The van der Waals surface area contributed by atoms with Crippen molar-refractivity contribution in [1.82, 2.24) is 5.32 Å². The van der Waals surface area contributed by atoms with Crippen LogP contribution >= 0.6 is 0 Å². The molecule has 17 heavy (non-hydrogen) atoms. The summed E-state index contributed by atoms with van der Waals surface area (Å²) in [5.74, 6) is -6.95. The van der Waals surface area contributed by atoms with Crippen LogP contribution in [0.3, 0.4) is 0 Å². The number of benzene rings is 1. The molecular weight excluding hydrogens is 238 g/mol. The van der Waals surface area contributed by atoms with Crippen molar-refractivity contribution < 1.29 is 22.3 Å². The lowest BCUT2D eigenvalue weighted by Gasteiger charge is -2.09. The first-order valence-corrected chi connectivity index (χ1v) is 5.24. The number of rotatable bonds is 6. The predicted octanol–water partition coefficient (Wildman–Crippen LogP) is 2.62. The van der Waals surface area contributed by atoms with E-state index in [0.29, 0.717) is 13.0 Å². The van der Waals surface area contributed by atoms with Crippen LogP contribution in [0.2, 0.25) is 0 Å². The van der Waals surface area contributed by atoms with Crippen molar-refractivity contribution in [2.24, 2.45) is 0 Å². The van der Waals surface area contributed by atoms with Crippen LogP contribution in [0.25, 0.3) is 0 Å². The van der Waals surface area contributed by atoms with Gasteiger partial charge >= 0.3 is 0 Å². The molecule has 1 N–H and O–H groups in total. The molecule has 0 saturated carbocycles. The quantitative estimate of drug-likeness (QED) is 0.476. The van der Waals surface area contributed by atoms with Crippen LogP contribution < -0.4 is 10.1 Å². The Bertz CT molecular complexity index is 358. The van der Waals surface area contributed by atoms with Crippen molar-refractivity contribution in [3.63, 3.8) is 0 Å². The fraction of sp³-hybridized carbons (Fsp3) is 0.455. The molecule has 0 fully saturated rings. The van der Waals surface area contributed by atoms with Gasteiger partial charge in [0.15, 0.2) is 17.4 Å². The van der Waals surface area contributed by atoms with Crippen LogP contribution in [-0.2, 0) is 0 Å². The molecule has 1 aromatic rings. The van der Waals surface area contributed by atoms with Crippen LogP contribution in [0.1, 0.15) is 13.3 Å². The van der Waals surface area contributed by atoms with E-state index in [9.17, 15) is 17.6 Å². The molecule has 2 nitrogen and oxygen atoms in total. The monoisotopic (exact) mass is 251 g/mol. The molecule has 96 valence electrons. The Kier molecular flexibility index (Phi) is 5.21. The maximum Gasteiger partial charge on any atom is 0.203 e. The highest BCUT2D eigenvalue weighted by molar-refractivity contribution is 5.28. The van der Waals surface area contributed by atoms with Gasteiger partial charge in [0.25, 0.3) is 0 Å². The number of hydrogen-bond donors (Lipinski definition) is 1. The van der Waals surface area contributed by atoms with E-state index in [-0.39, 0.29) is 12.7 Å². The second-order valence-electron chi connectivity index (χ2n) is 3.35. The van der Waals surface area contributed by atoms with Gasteiger partial charge in [0, 0.05) is 6.07 Å². The largest absolute Gasteiger partial charge is 0.487 e. The molecule has 6 heteroatoms. The highest BCUT2D eigenvalue weighted by Crippen LogP contribution is 2.26. The molecule has 0 saturated heterocycles. The second-order valence-corrected chi connectivity index (χ2v) is 3.35. The van der Waals surface area contributed by atoms with Gasteiger partial charge in [-0.25, -0.2) is 8.78 Å². The molecule has 0 bridgehead atoms. The molecule has 0 aliphatic rings. The van der Waals surface area contributed by atoms with Gasteiger partial charge in [-0.15, -0.1) is 0 Å². The smallest absolute Gasteiger partial charge is 0.203 e. The maximum atomic E-state index is 13.1. The minimum absolute atomic E-state index is 0.0241. The van der Waals surface area contributed by atoms with E-state index in [4.69, 9.17) is 4.74 Å². The van der Waals surface area contributed by atoms with Gasteiger partial charge in [-0.2, -0.15) is 8.78 Å². The minimum atomic E-state index is -1.51. The first-order valence-electron chi connectivity index (χ1n) is 5.24. The van der Waals surface area contributed by atoms with Gasteiger partial charge in [-0.3, -0.25) is 0 Å². The van der Waals surface area contributed by atoms with Crippen LogP contribution in [0, 0.1) is 23.3 Å². The summed E-state index contributed by atoms with van der Waals surface area (Å²) in [6.45, 7) is 3.24. The fourth-order valence-electron chi connectivity index (χ4n) is 1.23. The molecule has 0 aromatic heterocycles. The number of ether oxygens (including phenoxy) is 1. The van der Waals surface area contributed by atoms with Crippen molar-refractivity contribution in [2.45, 2.75) is 13.3 Å². The topological polar surface area (TPSA) is 21.3 Å². The summed E-state index contributed by atoms with van der Waals surface area (Å²) in [6.07, 6.45) is 0.477. The Balaban J connectivity index is 2.64. The average Bonchev–Trinajstić information content (AvgIpc) is 2.30. The third-order valence-electron chi connectivity index (χ3n) is 2.07. The summed E-state index contributed by atoms with van der Waals surface area (Å²) >= 11 is 0. The minimum Gasteiger partial charge on any atom is -0.487 e. The standard InChI is InChI=1S/C11H13F4NO/c1-2-16-4-3-5-17-11-9(14)7(12)6-8(13)10(11)15/h6,16H,2-5H2,1H3. The molecular formula is C11H13F4NO. The third-order valence-corrected chi connectivity index (χ3v) is 2.07. The molecule has 0 aliphatic carbocycles. The van der Waals surface area contributed by atoms with Crippen molar-refractivity contribution in [3.05, 3.63) is 29.3 Å². The zero-order chi connectivity index (χ0) is 12.8. The highest BCUT2D eigenvalue weighted by Gasteiger charge is 2.20. The summed E-state index contributed by atoms with van der Waals surface area (Å²) in [7, 11) is 0. The van der Waals surface area contributed by atoms with Crippen LogP contribution in [0.5, 0.6) is 5.75 Å². The van der Waals surface area contributed by atoms with Gasteiger partial charge in [0.05, 0.1) is 6.61 Å². The summed E-state index contributed by atoms with van der Waals surface area (Å²) < 4.78 is 56.4. The molecule has 0 unspecified atom stereocenters. The first kappa shape index (κ1) is 13.8. The van der Waals surface area contributed by atoms with Gasteiger partial charge in [-0.05, 0) is 19.5 Å². The highest BCUT2D eigenvalue weighted by atomic mass is 19.2. The zero-order valence-electron chi connectivity index (χ0n) is 9.33. The van der Waals surface area contributed by atoms with E-state index in [1.54, 1.807) is 0 Å². The van der Waals surface area contributed by atoms with E-state index in [1.165, 1.54) is 0 Å². The van der Waals surface area contributed by atoms with E-state index in [0.717, 1.165) is 6.54 Å². The van der Waals surface area contributed by atoms with E-state index >= 15 is 0 Å². The summed E-state index contributed by atoms with van der Waals surface area (Å²) in [6, 6.07) is 0.149. The number of hydrogen-bond acceptors (Lipinski definition) is 2. The number of nitrogens with one attached hydrogen (secondary N) is 1. The summed E-state index contributed by atoms with van der Waals surface area (Å²) in [4.78, 5) is 0. The van der Waals surface area contributed by atoms with Crippen LogP contribution in [-0.4, -0.2) is 19.7 Å². The maximum absolute atomic E-state index is 13.1. The van der Waals surface area contributed by atoms with Crippen molar-refractivity contribution in [2.75, 3.05) is 19.7 Å². The lowest BCUT2D eigenvalue weighted by Crippen LogP contribution is -2.17. The van der Waals surface area contributed by atoms with Gasteiger partial charge in [-0.1, -0.05) is 6.92 Å². The van der Waals surface area contributed by atoms with Crippen LogP contribution in [0.4, 0.5) is 17.6 Å². The Morgan fingerprint density at radius 1 is 1.12 bits per heavy atom. The Hall–Kier alpha value is -1.30. The predicted molar refractivity (Wildman–Crippen MR) is 54.9 cm³/mol. The lowest BCUT2D eigenvalue weighted by molar-refractivity contribution is 0.266. The van der Waals surface area contributed by atoms with E-state index in [1.807, 2.05) is 6.92 Å². The fourth-order valence-corrected chi connectivity index (χ4v) is 1.23. The molecule has 0 aliphatic heterocycles. The molecule has 0 atom stereocenters. The SMILES string of the molecule is CCNCCCOc1c(F)c(F)cc(F)c1F. The summed E-state index contributed by atoms with van der Waals surface area (Å²) in [5.41, 5.74) is 0. The normalized spacial score (nSPS) is 10.6. The zero-order valence-corrected chi connectivity index (χ0v) is 9.33. The van der Waals surface area contributed by atoms with Gasteiger partial charge < -0.3 is 10.1 Å². The molecule has 0 heterocycles. The van der Waals surface area contributed by atoms with Gasteiger partial charge in [0.2, 0.25) is 11.6 Å². The van der Waals surface area contributed by atoms with Crippen molar-refractivity contribution in [3.8, 4) is 5.75 Å². The van der Waals surface area contributed by atoms with E-state index < -0.39 is 29.0 Å². The molecule has 0 amide bonds. The Morgan fingerprint density at radius 2 is 1.71 bits per heavy atom. The average molecular weight is 251 g/mol. The molecule has 0 spiro atoms. The molecule has 1 rings (SSSR count). The second kappa shape index (κ2) is 6.44. The van der Waals surface area contributed by atoms with E-state index in [2.05, 4.69) is 5.32 Å². The van der Waals surface area contributed by atoms with Crippen LogP contribution in [0.15, 0.2) is 6.07 Å². The van der Waals surface area contributed by atoms with Crippen molar-refractivity contribution in [1.29, 1.82) is 0 Å². The third kappa shape index (κ3) is 3.59.